The van der Waals surface area contributed by atoms with Gasteiger partial charge in [0.2, 0.25) is 5.91 Å². The van der Waals surface area contributed by atoms with Crippen LogP contribution in [0, 0.1) is 0 Å². The van der Waals surface area contributed by atoms with Crippen LogP contribution in [-0.2, 0) is 17.8 Å². The van der Waals surface area contributed by atoms with Gasteiger partial charge in [-0.1, -0.05) is 12.1 Å². The van der Waals surface area contributed by atoms with Gasteiger partial charge in [-0.15, -0.1) is 11.3 Å². The summed E-state index contributed by atoms with van der Waals surface area (Å²) < 4.78 is 1.14. The van der Waals surface area contributed by atoms with Gasteiger partial charge in [-0.3, -0.25) is 4.79 Å². The van der Waals surface area contributed by atoms with Gasteiger partial charge in [-0.05, 0) is 57.6 Å². The van der Waals surface area contributed by atoms with Crippen LogP contribution in [0.2, 0.25) is 0 Å². The molecule has 106 valence electrons. The third-order valence-electron chi connectivity index (χ3n) is 2.81. The number of rotatable bonds is 6. The van der Waals surface area contributed by atoms with Gasteiger partial charge in [-0.2, -0.15) is 0 Å². The normalized spacial score (nSPS) is 10.3. The number of hydrogen-bond acceptors (Lipinski definition) is 3. The lowest BCUT2D eigenvalue weighted by atomic mass is 10.1. The minimum Gasteiger partial charge on any atom is -0.381 e. The molecule has 1 aromatic heterocycles. The van der Waals surface area contributed by atoms with E-state index in [4.69, 9.17) is 0 Å². The Balaban J connectivity index is 1.86. The molecule has 1 heterocycles. The summed E-state index contributed by atoms with van der Waals surface area (Å²) in [5.74, 6) is 0.0660. The van der Waals surface area contributed by atoms with Gasteiger partial charge in [0.1, 0.15) is 0 Å². The number of thiophene rings is 1. The molecule has 0 radical (unpaired) electrons. The largest absolute Gasteiger partial charge is 0.381 e. The van der Waals surface area contributed by atoms with Crippen LogP contribution in [0.15, 0.2) is 39.5 Å². The van der Waals surface area contributed by atoms with Crippen molar-refractivity contribution >= 4 is 38.9 Å². The highest BCUT2D eigenvalue weighted by Gasteiger charge is 2.02. The average molecular weight is 353 g/mol. The molecule has 0 spiro atoms. The fourth-order valence-corrected chi connectivity index (χ4v) is 3.04. The zero-order valence-corrected chi connectivity index (χ0v) is 13.7. The van der Waals surface area contributed by atoms with E-state index in [1.165, 1.54) is 5.56 Å². The number of carbonyl (C=O) groups excluding carboxylic acids is 1. The summed E-state index contributed by atoms with van der Waals surface area (Å²) in [6.07, 6.45) is 0.436. The highest BCUT2D eigenvalue weighted by Crippen LogP contribution is 2.21. The maximum Gasteiger partial charge on any atom is 0.224 e. The van der Waals surface area contributed by atoms with Gasteiger partial charge in [-0.25, -0.2) is 0 Å². The molecule has 0 aliphatic heterocycles. The molecule has 2 N–H and O–H groups in total. The molecule has 0 bridgehead atoms. The number of likely N-dealkylation sites (N-methyl/N-ethyl adjacent to an activating group) is 1. The fourth-order valence-electron chi connectivity index (χ4n) is 1.83. The van der Waals surface area contributed by atoms with Crippen molar-refractivity contribution in [3.05, 3.63) is 50.6 Å². The Kier molecular flexibility index (Phi) is 5.61. The summed E-state index contributed by atoms with van der Waals surface area (Å²) in [5.41, 5.74) is 3.35. The molecule has 5 heteroatoms. The van der Waals surface area contributed by atoms with E-state index >= 15 is 0 Å². The lowest BCUT2D eigenvalue weighted by Crippen LogP contribution is -2.24. The Labute approximate surface area is 131 Å². The SMILES string of the molecule is CCNC(=O)Cc1ccc(NCc2csc(Br)c2)cc1. The number of anilines is 1. The minimum absolute atomic E-state index is 0.0660. The van der Waals surface area contributed by atoms with Gasteiger partial charge in [0.05, 0.1) is 10.2 Å². The van der Waals surface area contributed by atoms with E-state index in [0.717, 1.165) is 21.6 Å². The van der Waals surface area contributed by atoms with E-state index in [1.54, 1.807) is 11.3 Å². The summed E-state index contributed by atoms with van der Waals surface area (Å²) in [6.45, 7) is 3.40. The van der Waals surface area contributed by atoms with Crippen LogP contribution < -0.4 is 10.6 Å². The first-order valence-electron chi connectivity index (χ1n) is 6.50. The molecule has 0 saturated heterocycles. The minimum atomic E-state index is 0.0660. The Morgan fingerprint density at radius 2 is 2.00 bits per heavy atom. The van der Waals surface area contributed by atoms with Crippen LogP contribution in [0.25, 0.3) is 0 Å². The topological polar surface area (TPSA) is 41.1 Å². The molecule has 20 heavy (non-hydrogen) atoms. The molecule has 0 atom stereocenters. The number of carbonyl (C=O) groups is 1. The van der Waals surface area contributed by atoms with Gasteiger partial charge < -0.3 is 10.6 Å². The van der Waals surface area contributed by atoms with E-state index in [1.807, 2.05) is 31.2 Å². The molecule has 1 amide bonds. The molecule has 0 aliphatic rings. The fraction of sp³-hybridized carbons (Fsp3) is 0.267. The highest BCUT2D eigenvalue weighted by atomic mass is 79.9. The third kappa shape index (κ3) is 4.65. The van der Waals surface area contributed by atoms with E-state index in [9.17, 15) is 4.79 Å². The predicted molar refractivity (Wildman–Crippen MR) is 88.2 cm³/mol. The molecule has 3 nitrogen and oxygen atoms in total. The summed E-state index contributed by atoms with van der Waals surface area (Å²) in [5, 5.41) is 8.29. The monoisotopic (exact) mass is 352 g/mol. The van der Waals surface area contributed by atoms with E-state index in [-0.39, 0.29) is 5.91 Å². The molecule has 2 rings (SSSR count). The molecular formula is C15H17BrN2OS. The first-order chi connectivity index (χ1) is 9.67. The molecule has 0 fully saturated rings. The van der Waals surface area contributed by atoms with Crippen LogP contribution in [0.1, 0.15) is 18.1 Å². The third-order valence-corrected chi connectivity index (χ3v) is 4.36. The summed E-state index contributed by atoms with van der Waals surface area (Å²) >= 11 is 5.14. The van der Waals surface area contributed by atoms with Crippen molar-refractivity contribution in [2.24, 2.45) is 0 Å². The lowest BCUT2D eigenvalue weighted by molar-refractivity contribution is -0.120. The number of halogens is 1. The zero-order valence-electron chi connectivity index (χ0n) is 11.3. The van der Waals surface area contributed by atoms with E-state index in [2.05, 4.69) is 38.0 Å². The number of amides is 1. The van der Waals surface area contributed by atoms with E-state index < -0.39 is 0 Å². The van der Waals surface area contributed by atoms with Crippen molar-refractivity contribution in [2.75, 3.05) is 11.9 Å². The van der Waals surface area contributed by atoms with Gasteiger partial charge in [0.25, 0.3) is 0 Å². The van der Waals surface area contributed by atoms with Crippen LogP contribution >= 0.6 is 27.3 Å². The van der Waals surface area contributed by atoms with Gasteiger partial charge in [0.15, 0.2) is 0 Å². The molecular weight excluding hydrogens is 336 g/mol. The molecule has 2 aromatic rings. The summed E-state index contributed by atoms with van der Waals surface area (Å²) in [7, 11) is 0. The maximum atomic E-state index is 11.5. The molecule has 1 aromatic carbocycles. The first-order valence-corrected chi connectivity index (χ1v) is 8.17. The van der Waals surface area contributed by atoms with Crippen molar-refractivity contribution in [3.8, 4) is 0 Å². The quantitative estimate of drug-likeness (QED) is 0.829. The first kappa shape index (κ1) is 15.1. The molecule has 0 aliphatic carbocycles. The number of nitrogens with one attached hydrogen (secondary N) is 2. The highest BCUT2D eigenvalue weighted by molar-refractivity contribution is 9.11. The smallest absolute Gasteiger partial charge is 0.224 e. The standard InChI is InChI=1S/C15H17BrN2OS/c1-2-17-15(19)8-11-3-5-13(6-4-11)18-9-12-7-14(16)20-10-12/h3-7,10,18H,2,8-9H2,1H3,(H,17,19). The lowest BCUT2D eigenvalue weighted by Gasteiger charge is -2.07. The summed E-state index contributed by atoms with van der Waals surface area (Å²) in [6, 6.07) is 10.1. The van der Waals surface area contributed by atoms with Crippen LogP contribution in [0.5, 0.6) is 0 Å². The van der Waals surface area contributed by atoms with Crippen LogP contribution in [0.3, 0.4) is 0 Å². The van der Waals surface area contributed by atoms with Crippen molar-refractivity contribution in [3.63, 3.8) is 0 Å². The van der Waals surface area contributed by atoms with Crippen LogP contribution in [0.4, 0.5) is 5.69 Å². The second kappa shape index (κ2) is 7.45. The second-order valence-corrected chi connectivity index (χ2v) is 6.73. The van der Waals surface area contributed by atoms with Crippen LogP contribution in [-0.4, -0.2) is 12.5 Å². The van der Waals surface area contributed by atoms with Gasteiger partial charge in [0, 0.05) is 18.8 Å². The average Bonchev–Trinajstić information content (AvgIpc) is 2.84. The number of benzene rings is 1. The Bertz CT molecular complexity index is 566. The van der Waals surface area contributed by atoms with Gasteiger partial charge >= 0.3 is 0 Å². The summed E-state index contributed by atoms with van der Waals surface area (Å²) in [4.78, 5) is 11.5. The molecule has 0 unspecified atom stereocenters. The second-order valence-electron chi connectivity index (χ2n) is 4.44. The van der Waals surface area contributed by atoms with Crippen molar-refractivity contribution in [1.82, 2.24) is 5.32 Å². The Morgan fingerprint density at radius 3 is 2.60 bits per heavy atom. The van der Waals surface area contributed by atoms with E-state index in [0.29, 0.717) is 13.0 Å². The van der Waals surface area contributed by atoms with Crippen molar-refractivity contribution < 1.29 is 4.79 Å². The molecule has 0 saturated carbocycles. The zero-order chi connectivity index (χ0) is 14.4. The number of hydrogen-bond donors (Lipinski definition) is 2. The Hall–Kier alpha value is -1.33. The maximum absolute atomic E-state index is 11.5. The van der Waals surface area contributed by atoms with Crippen molar-refractivity contribution in [1.29, 1.82) is 0 Å². The van der Waals surface area contributed by atoms with Crippen molar-refractivity contribution in [2.45, 2.75) is 19.9 Å². The Morgan fingerprint density at radius 1 is 1.25 bits per heavy atom. The predicted octanol–water partition coefficient (Wildman–Crippen LogP) is 3.80.